The van der Waals surface area contributed by atoms with E-state index in [-0.39, 0.29) is 5.91 Å². The van der Waals surface area contributed by atoms with Crippen molar-refractivity contribution in [2.24, 2.45) is 5.73 Å². The van der Waals surface area contributed by atoms with Gasteiger partial charge in [-0.1, -0.05) is 6.07 Å². The van der Waals surface area contributed by atoms with Crippen molar-refractivity contribution in [3.63, 3.8) is 0 Å². The predicted octanol–water partition coefficient (Wildman–Crippen LogP) is 1.28. The summed E-state index contributed by atoms with van der Waals surface area (Å²) in [5.41, 5.74) is 8.25. The Morgan fingerprint density at radius 1 is 1.53 bits per heavy atom. The van der Waals surface area contributed by atoms with Crippen LogP contribution in [0.3, 0.4) is 0 Å². The number of likely N-dealkylation sites (N-methyl/N-ethyl adjacent to an activating group) is 1. The normalized spacial score (nSPS) is 19.0. The van der Waals surface area contributed by atoms with Crippen molar-refractivity contribution in [1.29, 1.82) is 0 Å². The molecule has 19 heavy (non-hydrogen) atoms. The zero-order chi connectivity index (χ0) is 13.8. The second-order valence-corrected chi connectivity index (χ2v) is 5.50. The molecule has 4 heteroatoms. The van der Waals surface area contributed by atoms with E-state index in [1.54, 1.807) is 0 Å². The van der Waals surface area contributed by atoms with Crippen LogP contribution in [0.25, 0.3) is 0 Å². The van der Waals surface area contributed by atoms with Crippen molar-refractivity contribution in [3.8, 4) is 0 Å². The van der Waals surface area contributed by atoms with Crippen LogP contribution in [0.5, 0.6) is 0 Å². The Hall–Kier alpha value is -1.39. The van der Waals surface area contributed by atoms with E-state index in [0.717, 1.165) is 25.2 Å². The molecule has 1 aliphatic heterocycles. The van der Waals surface area contributed by atoms with Gasteiger partial charge in [-0.3, -0.25) is 4.79 Å². The lowest BCUT2D eigenvalue weighted by atomic mass is 10.0. The van der Waals surface area contributed by atoms with Gasteiger partial charge in [-0.2, -0.15) is 0 Å². The topological polar surface area (TPSA) is 58.4 Å². The maximum absolute atomic E-state index is 11.1. The molecule has 0 bridgehead atoms. The van der Waals surface area contributed by atoms with Crippen molar-refractivity contribution >= 4 is 5.91 Å². The second kappa shape index (κ2) is 6.17. The SMILES string of the molecule is Cc1cc(C(N)=O)ccc1CN(C)CC1CCCN1. The summed E-state index contributed by atoms with van der Waals surface area (Å²) in [7, 11) is 2.14. The molecule has 1 unspecified atom stereocenters. The highest BCUT2D eigenvalue weighted by molar-refractivity contribution is 5.93. The molecule has 4 nitrogen and oxygen atoms in total. The molecule has 1 aromatic carbocycles. The number of nitrogens with zero attached hydrogens (tertiary/aromatic N) is 1. The highest BCUT2D eigenvalue weighted by Crippen LogP contribution is 2.14. The molecule has 0 aromatic heterocycles. The monoisotopic (exact) mass is 261 g/mol. The van der Waals surface area contributed by atoms with Crippen LogP contribution in [0, 0.1) is 6.92 Å². The number of primary amides is 1. The van der Waals surface area contributed by atoms with Gasteiger partial charge in [0.05, 0.1) is 0 Å². The minimum atomic E-state index is -0.363. The fraction of sp³-hybridized carbons (Fsp3) is 0.533. The van der Waals surface area contributed by atoms with Crippen LogP contribution < -0.4 is 11.1 Å². The van der Waals surface area contributed by atoms with Gasteiger partial charge in [0.15, 0.2) is 0 Å². The number of nitrogens with two attached hydrogens (primary N) is 1. The molecule has 3 N–H and O–H groups in total. The number of nitrogens with one attached hydrogen (secondary N) is 1. The van der Waals surface area contributed by atoms with E-state index in [1.165, 1.54) is 18.4 Å². The molecule has 1 aromatic rings. The first-order valence-corrected chi connectivity index (χ1v) is 6.87. The number of hydrogen-bond donors (Lipinski definition) is 2. The van der Waals surface area contributed by atoms with Gasteiger partial charge >= 0.3 is 0 Å². The fourth-order valence-electron chi connectivity index (χ4n) is 2.67. The molecule has 0 spiro atoms. The summed E-state index contributed by atoms with van der Waals surface area (Å²) in [6.45, 7) is 5.15. The molecule has 1 heterocycles. The minimum absolute atomic E-state index is 0.363. The minimum Gasteiger partial charge on any atom is -0.366 e. The molecule has 0 radical (unpaired) electrons. The Morgan fingerprint density at radius 3 is 2.89 bits per heavy atom. The molecule has 2 rings (SSSR count). The molecular weight excluding hydrogens is 238 g/mol. The van der Waals surface area contributed by atoms with Crippen LogP contribution in [0.15, 0.2) is 18.2 Å². The van der Waals surface area contributed by atoms with E-state index in [1.807, 2.05) is 25.1 Å². The summed E-state index contributed by atoms with van der Waals surface area (Å²) in [5.74, 6) is -0.363. The van der Waals surface area contributed by atoms with Gasteiger partial charge in [-0.25, -0.2) is 0 Å². The van der Waals surface area contributed by atoms with E-state index < -0.39 is 0 Å². The van der Waals surface area contributed by atoms with Crippen molar-refractivity contribution in [3.05, 3.63) is 34.9 Å². The average molecular weight is 261 g/mol. The van der Waals surface area contributed by atoms with Crippen molar-refractivity contribution in [2.45, 2.75) is 32.4 Å². The molecule has 1 aliphatic rings. The number of hydrogen-bond acceptors (Lipinski definition) is 3. The number of amides is 1. The number of rotatable bonds is 5. The third-order valence-electron chi connectivity index (χ3n) is 3.76. The van der Waals surface area contributed by atoms with Gasteiger partial charge in [0, 0.05) is 24.7 Å². The summed E-state index contributed by atoms with van der Waals surface area (Å²) in [6, 6.07) is 6.31. The number of benzene rings is 1. The lowest BCUT2D eigenvalue weighted by molar-refractivity contribution is 0.1000. The summed E-state index contributed by atoms with van der Waals surface area (Å²) >= 11 is 0. The quantitative estimate of drug-likeness (QED) is 0.839. The van der Waals surface area contributed by atoms with E-state index in [4.69, 9.17) is 5.73 Å². The Morgan fingerprint density at radius 2 is 2.32 bits per heavy atom. The van der Waals surface area contributed by atoms with Crippen molar-refractivity contribution in [2.75, 3.05) is 20.1 Å². The Kier molecular flexibility index (Phi) is 4.56. The first-order valence-electron chi connectivity index (χ1n) is 6.87. The maximum Gasteiger partial charge on any atom is 0.248 e. The fourth-order valence-corrected chi connectivity index (χ4v) is 2.67. The Labute approximate surface area is 115 Å². The first-order chi connectivity index (χ1) is 9.06. The lowest BCUT2D eigenvalue weighted by Crippen LogP contribution is -2.35. The average Bonchev–Trinajstić information content (AvgIpc) is 2.84. The highest BCUT2D eigenvalue weighted by Gasteiger charge is 2.16. The van der Waals surface area contributed by atoms with Crippen LogP contribution in [-0.4, -0.2) is 37.0 Å². The molecule has 104 valence electrons. The molecular formula is C15H23N3O. The molecule has 1 fully saturated rings. The summed E-state index contributed by atoms with van der Waals surface area (Å²) in [6.07, 6.45) is 2.55. The van der Waals surface area contributed by atoms with Gasteiger partial charge in [-0.05, 0) is 56.6 Å². The number of aryl methyl sites for hydroxylation is 1. The third-order valence-corrected chi connectivity index (χ3v) is 3.76. The number of carbonyl (C=O) groups excluding carboxylic acids is 1. The zero-order valence-corrected chi connectivity index (χ0v) is 11.8. The summed E-state index contributed by atoms with van der Waals surface area (Å²) in [5, 5.41) is 3.51. The van der Waals surface area contributed by atoms with Crippen LogP contribution in [-0.2, 0) is 6.54 Å². The van der Waals surface area contributed by atoms with Crippen LogP contribution in [0.2, 0.25) is 0 Å². The van der Waals surface area contributed by atoms with Gasteiger partial charge in [0.2, 0.25) is 5.91 Å². The first kappa shape index (κ1) is 14.0. The summed E-state index contributed by atoms with van der Waals surface area (Å²) in [4.78, 5) is 13.4. The summed E-state index contributed by atoms with van der Waals surface area (Å²) < 4.78 is 0. The smallest absolute Gasteiger partial charge is 0.248 e. The van der Waals surface area contributed by atoms with Gasteiger partial charge in [-0.15, -0.1) is 0 Å². The molecule has 1 saturated heterocycles. The molecule has 1 atom stereocenters. The van der Waals surface area contributed by atoms with Gasteiger partial charge in [0.25, 0.3) is 0 Å². The van der Waals surface area contributed by atoms with E-state index in [0.29, 0.717) is 11.6 Å². The predicted molar refractivity (Wildman–Crippen MR) is 77.1 cm³/mol. The zero-order valence-electron chi connectivity index (χ0n) is 11.8. The number of carbonyl (C=O) groups is 1. The molecule has 1 amide bonds. The largest absolute Gasteiger partial charge is 0.366 e. The van der Waals surface area contributed by atoms with Crippen LogP contribution >= 0.6 is 0 Å². The Bertz CT molecular complexity index is 453. The molecule has 0 aliphatic carbocycles. The third kappa shape index (κ3) is 3.78. The van der Waals surface area contributed by atoms with Crippen molar-refractivity contribution < 1.29 is 4.79 Å². The highest BCUT2D eigenvalue weighted by atomic mass is 16.1. The van der Waals surface area contributed by atoms with Crippen LogP contribution in [0.4, 0.5) is 0 Å². The Balaban J connectivity index is 1.96. The van der Waals surface area contributed by atoms with E-state index in [2.05, 4.69) is 17.3 Å². The van der Waals surface area contributed by atoms with Crippen LogP contribution in [0.1, 0.15) is 34.3 Å². The van der Waals surface area contributed by atoms with E-state index in [9.17, 15) is 4.79 Å². The molecule has 0 saturated carbocycles. The van der Waals surface area contributed by atoms with E-state index >= 15 is 0 Å². The second-order valence-electron chi connectivity index (χ2n) is 5.50. The lowest BCUT2D eigenvalue weighted by Gasteiger charge is -2.22. The van der Waals surface area contributed by atoms with Crippen molar-refractivity contribution in [1.82, 2.24) is 10.2 Å². The maximum atomic E-state index is 11.1. The standard InChI is InChI=1S/C15H23N3O/c1-11-8-12(15(16)19)5-6-13(11)9-18(2)10-14-4-3-7-17-14/h5-6,8,14,17H,3-4,7,9-10H2,1-2H3,(H2,16,19). The van der Waals surface area contributed by atoms with Gasteiger partial charge in [0.1, 0.15) is 0 Å². The van der Waals surface area contributed by atoms with Gasteiger partial charge < -0.3 is 16.0 Å².